The Morgan fingerprint density at radius 2 is 1.90 bits per heavy atom. The maximum absolute atomic E-state index is 6.59. The summed E-state index contributed by atoms with van der Waals surface area (Å²) >= 11 is 12.0. The minimum Gasteiger partial charge on any atom is -0.133 e. The maximum atomic E-state index is 6.59. The first-order valence-electron chi connectivity index (χ1n) is 7.15. The Morgan fingerprint density at radius 1 is 1.10 bits per heavy atom. The monoisotopic (exact) mass is 368 g/mol. The molecule has 0 saturated heterocycles. The van der Waals surface area contributed by atoms with Gasteiger partial charge in [0.1, 0.15) is 0 Å². The van der Waals surface area contributed by atoms with Crippen LogP contribution in [0.5, 0.6) is 0 Å². The second kappa shape index (κ2) is 6.64. The molecule has 3 heteroatoms. The van der Waals surface area contributed by atoms with Crippen LogP contribution in [0.15, 0.2) is 46.3 Å². The van der Waals surface area contributed by atoms with E-state index in [4.69, 9.17) is 11.6 Å². The summed E-state index contributed by atoms with van der Waals surface area (Å²) in [6.07, 6.45) is 4.70. The summed E-state index contributed by atoms with van der Waals surface area (Å²) < 4.78 is 1.22. The number of alkyl halides is 1. The minimum atomic E-state index is 0.329. The van der Waals surface area contributed by atoms with Crippen LogP contribution >= 0.6 is 38.9 Å². The van der Waals surface area contributed by atoms with E-state index in [1.165, 1.54) is 27.1 Å². The van der Waals surface area contributed by atoms with E-state index >= 15 is 0 Å². The second-order valence-corrected chi connectivity index (χ2v) is 8.71. The van der Waals surface area contributed by atoms with Crippen molar-refractivity contribution in [1.82, 2.24) is 0 Å². The number of hydrogen-bond donors (Lipinski definition) is 0. The first-order valence-corrected chi connectivity index (χ1v) is 9.20. The molecule has 1 aromatic carbocycles. The van der Waals surface area contributed by atoms with Crippen molar-refractivity contribution in [1.29, 1.82) is 0 Å². The summed E-state index contributed by atoms with van der Waals surface area (Å²) in [7, 11) is 0. The molecule has 106 valence electrons. The number of thiophene rings is 1. The minimum absolute atomic E-state index is 0.329. The van der Waals surface area contributed by atoms with Gasteiger partial charge in [0.25, 0.3) is 0 Å². The number of halogens is 2. The molecule has 2 aromatic rings. The summed E-state index contributed by atoms with van der Waals surface area (Å²) in [5.41, 5.74) is 1.48. The molecule has 0 nitrogen and oxygen atoms in total. The summed E-state index contributed by atoms with van der Waals surface area (Å²) in [6, 6.07) is 15.3. The largest absolute Gasteiger partial charge is 0.133 e. The summed E-state index contributed by atoms with van der Waals surface area (Å²) in [5, 5.41) is 0.329. The molecule has 3 rings (SSSR count). The molecule has 0 radical (unpaired) electrons. The van der Waals surface area contributed by atoms with Crippen molar-refractivity contribution in [3.8, 4) is 0 Å². The van der Waals surface area contributed by atoms with Gasteiger partial charge in [0.15, 0.2) is 0 Å². The topological polar surface area (TPSA) is 0 Å². The quantitative estimate of drug-likeness (QED) is 0.561. The lowest BCUT2D eigenvalue weighted by atomic mass is 9.76. The third-order valence-electron chi connectivity index (χ3n) is 4.25. The summed E-state index contributed by atoms with van der Waals surface area (Å²) in [6.45, 7) is 0. The van der Waals surface area contributed by atoms with Gasteiger partial charge in [-0.25, -0.2) is 0 Å². The van der Waals surface area contributed by atoms with Gasteiger partial charge < -0.3 is 0 Å². The standard InChI is InChI=1S/C17H18BrClS/c18-17-9-7-15(20-17)11-14-10-13(6-8-16(14)19)12-4-2-1-3-5-12/h1-5,7,9,13-14,16H,6,8,10-11H2. The fraction of sp³-hybridized carbons (Fsp3) is 0.412. The van der Waals surface area contributed by atoms with E-state index < -0.39 is 0 Å². The van der Waals surface area contributed by atoms with Crippen molar-refractivity contribution >= 4 is 38.9 Å². The highest BCUT2D eigenvalue weighted by Gasteiger charge is 2.30. The zero-order chi connectivity index (χ0) is 13.9. The van der Waals surface area contributed by atoms with Crippen LogP contribution in [-0.2, 0) is 6.42 Å². The van der Waals surface area contributed by atoms with Gasteiger partial charge in [0.05, 0.1) is 3.79 Å². The smallest absolute Gasteiger partial charge is 0.0701 e. The molecule has 1 fully saturated rings. The summed E-state index contributed by atoms with van der Waals surface area (Å²) in [4.78, 5) is 1.45. The highest BCUT2D eigenvalue weighted by Crippen LogP contribution is 2.40. The molecule has 1 aromatic heterocycles. The Balaban J connectivity index is 1.70. The Hall–Kier alpha value is -0.310. The molecule has 20 heavy (non-hydrogen) atoms. The molecule has 0 N–H and O–H groups in total. The van der Waals surface area contributed by atoms with Crippen LogP contribution in [0.3, 0.4) is 0 Å². The highest BCUT2D eigenvalue weighted by atomic mass is 79.9. The Bertz CT molecular complexity index is 551. The molecule has 1 aliphatic carbocycles. The predicted octanol–water partition coefficient (Wildman–Crippen LogP) is 6.24. The van der Waals surface area contributed by atoms with E-state index in [0.717, 1.165) is 12.8 Å². The van der Waals surface area contributed by atoms with Gasteiger partial charge in [0.2, 0.25) is 0 Å². The third-order valence-corrected chi connectivity index (χ3v) is 6.47. The van der Waals surface area contributed by atoms with Crippen molar-refractivity contribution in [3.05, 3.63) is 56.7 Å². The van der Waals surface area contributed by atoms with Crippen molar-refractivity contribution < 1.29 is 0 Å². The molecule has 1 aliphatic rings. The maximum Gasteiger partial charge on any atom is 0.0701 e. The fourth-order valence-corrected chi connectivity index (χ4v) is 5.08. The first kappa shape index (κ1) is 14.6. The van der Waals surface area contributed by atoms with Crippen molar-refractivity contribution in [2.75, 3.05) is 0 Å². The lowest BCUT2D eigenvalue weighted by Gasteiger charge is -2.33. The van der Waals surface area contributed by atoms with Gasteiger partial charge in [-0.1, -0.05) is 30.3 Å². The van der Waals surface area contributed by atoms with Gasteiger partial charge in [-0.3, -0.25) is 0 Å². The van der Waals surface area contributed by atoms with E-state index in [1.807, 2.05) is 11.3 Å². The molecular formula is C17H18BrClS. The van der Waals surface area contributed by atoms with Gasteiger partial charge in [-0.15, -0.1) is 22.9 Å². The fourth-order valence-electron chi connectivity index (χ4n) is 3.19. The molecule has 3 atom stereocenters. The number of benzene rings is 1. The van der Waals surface area contributed by atoms with E-state index in [0.29, 0.717) is 17.2 Å². The molecule has 0 amide bonds. The average Bonchev–Trinajstić information content (AvgIpc) is 2.88. The van der Waals surface area contributed by atoms with Crippen molar-refractivity contribution in [2.24, 2.45) is 5.92 Å². The lowest BCUT2D eigenvalue weighted by molar-refractivity contribution is 0.328. The van der Waals surface area contributed by atoms with Crippen LogP contribution in [0.4, 0.5) is 0 Å². The predicted molar refractivity (Wildman–Crippen MR) is 91.9 cm³/mol. The first-order chi connectivity index (χ1) is 9.72. The van der Waals surface area contributed by atoms with Crippen LogP contribution in [0.1, 0.15) is 35.6 Å². The van der Waals surface area contributed by atoms with E-state index in [9.17, 15) is 0 Å². The van der Waals surface area contributed by atoms with Gasteiger partial charge in [0, 0.05) is 10.3 Å². The van der Waals surface area contributed by atoms with Crippen LogP contribution in [0.25, 0.3) is 0 Å². The van der Waals surface area contributed by atoms with Crippen LogP contribution < -0.4 is 0 Å². The Morgan fingerprint density at radius 3 is 2.60 bits per heavy atom. The molecule has 0 aliphatic heterocycles. The van der Waals surface area contributed by atoms with Crippen molar-refractivity contribution in [3.63, 3.8) is 0 Å². The Labute approximate surface area is 138 Å². The molecular weight excluding hydrogens is 352 g/mol. The zero-order valence-electron chi connectivity index (χ0n) is 11.3. The molecule has 0 spiro atoms. The van der Waals surface area contributed by atoms with Gasteiger partial charge >= 0.3 is 0 Å². The molecule has 3 unspecified atom stereocenters. The zero-order valence-corrected chi connectivity index (χ0v) is 14.4. The van der Waals surface area contributed by atoms with Crippen LogP contribution in [0.2, 0.25) is 0 Å². The highest BCUT2D eigenvalue weighted by molar-refractivity contribution is 9.11. The SMILES string of the molecule is ClC1CCC(c2ccccc2)CC1Cc1ccc(Br)s1. The number of hydrogen-bond acceptors (Lipinski definition) is 1. The van der Waals surface area contributed by atoms with Crippen LogP contribution in [0, 0.1) is 5.92 Å². The lowest BCUT2D eigenvalue weighted by Crippen LogP contribution is -2.26. The van der Waals surface area contributed by atoms with E-state index in [1.54, 1.807) is 0 Å². The molecule has 0 bridgehead atoms. The van der Waals surface area contributed by atoms with E-state index in [-0.39, 0.29) is 0 Å². The van der Waals surface area contributed by atoms with Gasteiger partial charge in [-0.05, 0) is 71.1 Å². The summed E-state index contributed by atoms with van der Waals surface area (Å²) in [5.74, 6) is 1.28. The van der Waals surface area contributed by atoms with E-state index in [2.05, 4.69) is 58.4 Å². The molecule has 1 saturated carbocycles. The average molecular weight is 370 g/mol. The second-order valence-electron chi connectivity index (χ2n) is 5.61. The third kappa shape index (κ3) is 3.47. The number of rotatable bonds is 3. The normalized spacial score (nSPS) is 26.6. The Kier molecular flexibility index (Phi) is 4.85. The molecule has 1 heterocycles. The van der Waals surface area contributed by atoms with Crippen molar-refractivity contribution in [2.45, 2.75) is 37.0 Å². The van der Waals surface area contributed by atoms with Crippen LogP contribution in [-0.4, -0.2) is 5.38 Å². The van der Waals surface area contributed by atoms with Gasteiger partial charge in [-0.2, -0.15) is 0 Å².